The van der Waals surface area contributed by atoms with Gasteiger partial charge in [0.1, 0.15) is 12.4 Å². The van der Waals surface area contributed by atoms with Gasteiger partial charge in [0.15, 0.2) is 0 Å². The first-order chi connectivity index (χ1) is 10.3. The van der Waals surface area contributed by atoms with Gasteiger partial charge in [-0.2, -0.15) is 0 Å². The van der Waals surface area contributed by atoms with Gasteiger partial charge < -0.3 is 15.0 Å². The minimum absolute atomic E-state index is 0.122. The van der Waals surface area contributed by atoms with Crippen LogP contribution in [-0.4, -0.2) is 29.0 Å². The van der Waals surface area contributed by atoms with Gasteiger partial charge in [0, 0.05) is 5.56 Å². The quantitative estimate of drug-likeness (QED) is 0.706. The summed E-state index contributed by atoms with van der Waals surface area (Å²) in [5.74, 6) is 0.675. The van der Waals surface area contributed by atoms with Crippen LogP contribution in [0.5, 0.6) is 5.75 Å². The maximum atomic E-state index is 12.0. The Hall–Kier alpha value is -2.82. The Kier molecular flexibility index (Phi) is 3.82. The SMILES string of the molecule is O=C(NCCOc1ccccc1)c1ccc2nc[nH]c2c1. The highest BCUT2D eigenvalue weighted by Gasteiger charge is 2.06. The van der Waals surface area contributed by atoms with E-state index in [2.05, 4.69) is 15.3 Å². The van der Waals surface area contributed by atoms with Crippen LogP contribution in [0.1, 0.15) is 10.4 Å². The lowest BCUT2D eigenvalue weighted by Gasteiger charge is -2.07. The number of imidazole rings is 1. The second-order valence-electron chi connectivity index (χ2n) is 4.55. The van der Waals surface area contributed by atoms with Crippen LogP contribution in [0.25, 0.3) is 11.0 Å². The number of aromatic nitrogens is 2. The van der Waals surface area contributed by atoms with Crippen LogP contribution in [0.4, 0.5) is 0 Å². The van der Waals surface area contributed by atoms with Gasteiger partial charge in [-0.1, -0.05) is 18.2 Å². The van der Waals surface area contributed by atoms with Gasteiger partial charge in [0.2, 0.25) is 0 Å². The zero-order chi connectivity index (χ0) is 14.5. The van der Waals surface area contributed by atoms with Gasteiger partial charge in [-0.05, 0) is 30.3 Å². The molecule has 0 unspecified atom stereocenters. The molecule has 0 aliphatic rings. The van der Waals surface area contributed by atoms with Crippen LogP contribution in [-0.2, 0) is 0 Å². The molecule has 0 bridgehead atoms. The van der Waals surface area contributed by atoms with Crippen molar-refractivity contribution >= 4 is 16.9 Å². The number of ether oxygens (including phenoxy) is 1. The first kappa shape index (κ1) is 13.2. The lowest BCUT2D eigenvalue weighted by atomic mass is 10.2. The molecule has 3 aromatic rings. The maximum Gasteiger partial charge on any atom is 0.251 e. The third-order valence-corrected chi connectivity index (χ3v) is 3.08. The van der Waals surface area contributed by atoms with E-state index in [0.29, 0.717) is 18.7 Å². The second kappa shape index (κ2) is 6.09. The maximum absolute atomic E-state index is 12.0. The zero-order valence-electron chi connectivity index (χ0n) is 11.4. The predicted molar refractivity (Wildman–Crippen MR) is 80.4 cm³/mol. The number of nitrogens with zero attached hydrogens (tertiary/aromatic N) is 1. The van der Waals surface area contributed by atoms with Gasteiger partial charge in [0.25, 0.3) is 5.91 Å². The molecule has 106 valence electrons. The number of hydrogen-bond donors (Lipinski definition) is 2. The van der Waals surface area contributed by atoms with E-state index in [4.69, 9.17) is 4.74 Å². The number of fused-ring (bicyclic) bond motifs is 1. The molecule has 21 heavy (non-hydrogen) atoms. The molecule has 0 aliphatic heterocycles. The van der Waals surface area contributed by atoms with Crippen molar-refractivity contribution in [3.8, 4) is 5.75 Å². The normalized spacial score (nSPS) is 10.5. The highest BCUT2D eigenvalue weighted by molar-refractivity contribution is 5.97. The lowest BCUT2D eigenvalue weighted by Crippen LogP contribution is -2.28. The van der Waals surface area contributed by atoms with Crippen molar-refractivity contribution in [1.82, 2.24) is 15.3 Å². The summed E-state index contributed by atoms with van der Waals surface area (Å²) in [4.78, 5) is 19.1. The number of H-pyrrole nitrogens is 1. The molecule has 0 spiro atoms. The van der Waals surface area contributed by atoms with Crippen molar-refractivity contribution in [2.75, 3.05) is 13.2 Å². The number of amides is 1. The highest BCUT2D eigenvalue weighted by atomic mass is 16.5. The van der Waals surface area contributed by atoms with Gasteiger partial charge in [0.05, 0.1) is 23.9 Å². The number of nitrogens with one attached hydrogen (secondary N) is 2. The van der Waals surface area contributed by atoms with Crippen molar-refractivity contribution < 1.29 is 9.53 Å². The van der Waals surface area contributed by atoms with E-state index in [0.717, 1.165) is 16.8 Å². The summed E-state index contributed by atoms with van der Waals surface area (Å²) in [5, 5.41) is 2.83. The van der Waals surface area contributed by atoms with E-state index in [9.17, 15) is 4.79 Å². The molecule has 0 radical (unpaired) electrons. The smallest absolute Gasteiger partial charge is 0.251 e. The first-order valence-electron chi connectivity index (χ1n) is 6.72. The van der Waals surface area contributed by atoms with Crippen molar-refractivity contribution in [3.05, 3.63) is 60.4 Å². The minimum Gasteiger partial charge on any atom is -0.492 e. The van der Waals surface area contributed by atoms with Crippen LogP contribution in [0.3, 0.4) is 0 Å². The molecular weight excluding hydrogens is 266 g/mol. The summed E-state index contributed by atoms with van der Waals surface area (Å²) in [6.07, 6.45) is 1.61. The fourth-order valence-electron chi connectivity index (χ4n) is 2.03. The van der Waals surface area contributed by atoms with Crippen LogP contribution < -0.4 is 10.1 Å². The number of para-hydroxylation sites is 1. The molecule has 3 rings (SSSR count). The second-order valence-corrected chi connectivity index (χ2v) is 4.55. The van der Waals surface area contributed by atoms with Crippen LogP contribution in [0.2, 0.25) is 0 Å². The molecule has 1 amide bonds. The number of hydrogen-bond acceptors (Lipinski definition) is 3. The predicted octanol–water partition coefficient (Wildman–Crippen LogP) is 2.37. The van der Waals surface area contributed by atoms with E-state index >= 15 is 0 Å². The Morgan fingerprint density at radius 2 is 2.05 bits per heavy atom. The van der Waals surface area contributed by atoms with Crippen molar-refractivity contribution in [2.45, 2.75) is 0 Å². The van der Waals surface area contributed by atoms with Crippen molar-refractivity contribution in [2.24, 2.45) is 0 Å². The molecule has 0 atom stereocenters. The largest absolute Gasteiger partial charge is 0.492 e. The molecule has 1 aromatic heterocycles. The molecule has 0 saturated heterocycles. The summed E-state index contributed by atoms with van der Waals surface area (Å²) in [5.41, 5.74) is 2.30. The molecule has 0 saturated carbocycles. The summed E-state index contributed by atoms with van der Waals surface area (Å²) >= 11 is 0. The average molecular weight is 281 g/mol. The average Bonchev–Trinajstić information content (AvgIpc) is 3.00. The Bertz CT molecular complexity index is 737. The monoisotopic (exact) mass is 281 g/mol. The Morgan fingerprint density at radius 3 is 2.90 bits per heavy atom. The molecular formula is C16H15N3O2. The topological polar surface area (TPSA) is 67.0 Å². The number of rotatable bonds is 5. The number of carbonyl (C=O) groups is 1. The highest BCUT2D eigenvalue weighted by Crippen LogP contribution is 2.11. The first-order valence-corrected chi connectivity index (χ1v) is 6.72. The minimum atomic E-state index is -0.122. The molecule has 1 heterocycles. The van der Waals surface area contributed by atoms with E-state index in [-0.39, 0.29) is 5.91 Å². The Balaban J connectivity index is 1.52. The van der Waals surface area contributed by atoms with E-state index in [1.165, 1.54) is 0 Å². The summed E-state index contributed by atoms with van der Waals surface area (Å²) in [7, 11) is 0. The number of aromatic amines is 1. The molecule has 5 heteroatoms. The van der Waals surface area contributed by atoms with Crippen molar-refractivity contribution in [3.63, 3.8) is 0 Å². The van der Waals surface area contributed by atoms with Crippen molar-refractivity contribution in [1.29, 1.82) is 0 Å². The number of carbonyl (C=O) groups excluding carboxylic acids is 1. The molecule has 5 nitrogen and oxygen atoms in total. The molecule has 0 aliphatic carbocycles. The van der Waals surface area contributed by atoms with Gasteiger partial charge in [-0.15, -0.1) is 0 Å². The van der Waals surface area contributed by atoms with Crippen LogP contribution in [0, 0.1) is 0 Å². The molecule has 2 aromatic carbocycles. The fraction of sp³-hybridized carbons (Fsp3) is 0.125. The third kappa shape index (κ3) is 3.20. The van der Waals surface area contributed by atoms with Crippen LogP contribution in [0.15, 0.2) is 54.9 Å². The standard InChI is InChI=1S/C16H15N3O2/c20-16(12-6-7-14-15(10-12)19-11-18-14)17-8-9-21-13-4-2-1-3-5-13/h1-7,10-11H,8-9H2,(H,17,20)(H,18,19). The van der Waals surface area contributed by atoms with Gasteiger partial charge >= 0.3 is 0 Å². The molecule has 0 fully saturated rings. The number of benzene rings is 2. The van der Waals surface area contributed by atoms with Gasteiger partial charge in [-0.25, -0.2) is 4.98 Å². The van der Waals surface area contributed by atoms with E-state index < -0.39 is 0 Å². The summed E-state index contributed by atoms with van der Waals surface area (Å²) < 4.78 is 5.52. The fourth-order valence-corrected chi connectivity index (χ4v) is 2.03. The Morgan fingerprint density at radius 1 is 1.19 bits per heavy atom. The Labute approximate surface area is 122 Å². The lowest BCUT2D eigenvalue weighted by molar-refractivity contribution is 0.0947. The summed E-state index contributed by atoms with van der Waals surface area (Å²) in [6.45, 7) is 0.886. The zero-order valence-corrected chi connectivity index (χ0v) is 11.4. The van der Waals surface area contributed by atoms with E-state index in [1.807, 2.05) is 36.4 Å². The third-order valence-electron chi connectivity index (χ3n) is 3.08. The van der Waals surface area contributed by atoms with Crippen LogP contribution >= 0.6 is 0 Å². The van der Waals surface area contributed by atoms with Gasteiger partial charge in [-0.3, -0.25) is 4.79 Å². The van der Waals surface area contributed by atoms with E-state index in [1.54, 1.807) is 18.5 Å². The molecule has 2 N–H and O–H groups in total. The summed E-state index contributed by atoms with van der Waals surface area (Å²) in [6, 6.07) is 14.9.